The van der Waals surface area contributed by atoms with Gasteiger partial charge in [0.25, 0.3) is 10.0 Å². The van der Waals surface area contributed by atoms with E-state index in [-0.39, 0.29) is 40.9 Å². The molecule has 2 rings (SSSR count). The van der Waals surface area contributed by atoms with E-state index in [1.54, 1.807) is 30.3 Å². The molecular formula is C19H19Cl2NO5S. The van der Waals surface area contributed by atoms with Crippen LogP contribution in [0.4, 0.5) is 5.69 Å². The lowest BCUT2D eigenvalue weighted by Gasteiger charge is -2.25. The molecule has 2 aromatic carbocycles. The maximum atomic E-state index is 13.2. The number of rotatable bonds is 10. The molecule has 0 saturated carbocycles. The predicted octanol–water partition coefficient (Wildman–Crippen LogP) is 4.62. The number of aliphatic carboxylic acids is 1. The molecule has 0 fully saturated rings. The van der Waals surface area contributed by atoms with E-state index in [0.717, 1.165) is 4.31 Å². The zero-order valence-corrected chi connectivity index (χ0v) is 17.2. The Morgan fingerprint density at radius 3 is 2.57 bits per heavy atom. The van der Waals surface area contributed by atoms with Crippen molar-refractivity contribution in [3.63, 3.8) is 0 Å². The third kappa shape index (κ3) is 5.64. The maximum Gasteiger partial charge on any atom is 0.303 e. The second-order valence-electron chi connectivity index (χ2n) is 5.75. The molecule has 0 amide bonds. The van der Waals surface area contributed by atoms with E-state index in [1.807, 2.05) is 0 Å². The van der Waals surface area contributed by atoms with Gasteiger partial charge in [0, 0.05) is 19.0 Å². The quantitative estimate of drug-likeness (QED) is 0.541. The van der Waals surface area contributed by atoms with Crippen molar-refractivity contribution in [2.24, 2.45) is 0 Å². The number of carboxylic acids is 1. The standard InChI is InChI=1S/C19H19Cl2NO5S/c1-2-11-27-15-6-3-5-14(12-15)22(10-4-7-19(23)24)28(25,26)16-8-9-17(20)18(21)13-16/h2-3,5-6,8-9,12-13H,1,4,7,10-11H2,(H,23,24). The van der Waals surface area contributed by atoms with E-state index in [9.17, 15) is 13.2 Å². The minimum atomic E-state index is -4.01. The van der Waals surface area contributed by atoms with Gasteiger partial charge < -0.3 is 9.84 Å². The maximum absolute atomic E-state index is 13.2. The number of carboxylic acid groups (broad SMARTS) is 1. The van der Waals surface area contributed by atoms with Crippen molar-refractivity contribution < 1.29 is 23.1 Å². The first-order chi connectivity index (χ1) is 13.3. The average molecular weight is 444 g/mol. The summed E-state index contributed by atoms with van der Waals surface area (Å²) in [5.41, 5.74) is 0.345. The van der Waals surface area contributed by atoms with Crippen molar-refractivity contribution >= 4 is 44.9 Å². The summed E-state index contributed by atoms with van der Waals surface area (Å²) in [6, 6.07) is 10.5. The zero-order valence-electron chi connectivity index (χ0n) is 14.8. The van der Waals surface area contributed by atoms with Gasteiger partial charge in [0.15, 0.2) is 0 Å². The van der Waals surface area contributed by atoms with Crippen molar-refractivity contribution in [3.8, 4) is 5.75 Å². The Morgan fingerprint density at radius 2 is 1.93 bits per heavy atom. The van der Waals surface area contributed by atoms with Crippen LogP contribution in [-0.4, -0.2) is 32.6 Å². The Morgan fingerprint density at radius 1 is 1.18 bits per heavy atom. The summed E-state index contributed by atoms with van der Waals surface area (Å²) in [5, 5.41) is 9.24. The van der Waals surface area contributed by atoms with E-state index in [0.29, 0.717) is 11.4 Å². The second-order valence-corrected chi connectivity index (χ2v) is 8.42. The molecule has 0 spiro atoms. The first-order valence-electron chi connectivity index (χ1n) is 8.29. The van der Waals surface area contributed by atoms with Gasteiger partial charge in [-0.3, -0.25) is 9.10 Å². The highest BCUT2D eigenvalue weighted by Crippen LogP contribution is 2.30. The molecule has 9 heteroatoms. The molecule has 1 N–H and O–H groups in total. The molecule has 0 aliphatic heterocycles. The van der Waals surface area contributed by atoms with Gasteiger partial charge in [0.1, 0.15) is 12.4 Å². The highest BCUT2D eigenvalue weighted by Gasteiger charge is 2.26. The van der Waals surface area contributed by atoms with Gasteiger partial charge >= 0.3 is 5.97 Å². The van der Waals surface area contributed by atoms with Crippen molar-refractivity contribution in [2.75, 3.05) is 17.5 Å². The van der Waals surface area contributed by atoms with Crippen LogP contribution in [0.2, 0.25) is 10.0 Å². The summed E-state index contributed by atoms with van der Waals surface area (Å²) < 4.78 is 33.0. The first-order valence-corrected chi connectivity index (χ1v) is 10.5. The SMILES string of the molecule is C=CCOc1cccc(N(CCCC(=O)O)S(=O)(=O)c2ccc(Cl)c(Cl)c2)c1. The molecule has 6 nitrogen and oxygen atoms in total. The topological polar surface area (TPSA) is 83.9 Å². The van der Waals surface area contributed by atoms with Crippen LogP contribution in [0.15, 0.2) is 60.0 Å². The van der Waals surface area contributed by atoms with Gasteiger partial charge in [-0.25, -0.2) is 8.42 Å². The number of halogens is 2. The lowest BCUT2D eigenvalue weighted by atomic mass is 10.2. The van der Waals surface area contributed by atoms with Crippen molar-refractivity contribution in [1.82, 2.24) is 0 Å². The van der Waals surface area contributed by atoms with E-state index >= 15 is 0 Å². The Hall–Kier alpha value is -2.22. The molecule has 0 radical (unpaired) electrons. The molecule has 2 aromatic rings. The van der Waals surface area contributed by atoms with E-state index in [2.05, 4.69) is 6.58 Å². The van der Waals surface area contributed by atoms with Gasteiger partial charge in [0.05, 0.1) is 20.6 Å². The normalized spacial score (nSPS) is 11.1. The van der Waals surface area contributed by atoms with E-state index in [1.165, 1.54) is 18.2 Å². The monoisotopic (exact) mass is 443 g/mol. The molecule has 0 aromatic heterocycles. The van der Waals surface area contributed by atoms with Crippen molar-refractivity contribution in [1.29, 1.82) is 0 Å². The largest absolute Gasteiger partial charge is 0.489 e. The number of benzene rings is 2. The van der Waals surface area contributed by atoms with Crippen LogP contribution in [0.25, 0.3) is 0 Å². The second kappa shape index (κ2) is 9.82. The third-order valence-corrected chi connectivity index (χ3v) is 6.27. The smallest absolute Gasteiger partial charge is 0.303 e. The van der Waals surface area contributed by atoms with Crippen LogP contribution < -0.4 is 9.04 Å². The number of nitrogens with zero attached hydrogens (tertiary/aromatic N) is 1. The molecule has 28 heavy (non-hydrogen) atoms. The number of ether oxygens (including phenoxy) is 1. The molecule has 0 bridgehead atoms. The van der Waals surface area contributed by atoms with Crippen LogP contribution in [0, 0.1) is 0 Å². The summed E-state index contributed by atoms with van der Waals surface area (Å²) >= 11 is 11.9. The first kappa shape index (κ1) is 22.1. The zero-order chi connectivity index (χ0) is 20.7. The number of carbonyl (C=O) groups is 1. The number of sulfonamides is 1. The highest BCUT2D eigenvalue weighted by molar-refractivity contribution is 7.92. The summed E-state index contributed by atoms with van der Waals surface area (Å²) in [4.78, 5) is 10.8. The van der Waals surface area contributed by atoms with Crippen LogP contribution in [0.3, 0.4) is 0 Å². The lowest BCUT2D eigenvalue weighted by molar-refractivity contribution is -0.137. The fourth-order valence-electron chi connectivity index (χ4n) is 2.41. The molecule has 0 heterocycles. The molecular weight excluding hydrogens is 425 g/mol. The predicted molar refractivity (Wildman–Crippen MR) is 110 cm³/mol. The summed E-state index contributed by atoms with van der Waals surface area (Å²) in [6.07, 6.45) is 1.54. The van der Waals surface area contributed by atoms with E-state index in [4.69, 9.17) is 33.0 Å². The number of hydrogen-bond acceptors (Lipinski definition) is 4. The fraction of sp³-hybridized carbons (Fsp3) is 0.211. The molecule has 150 valence electrons. The van der Waals surface area contributed by atoms with Gasteiger partial charge in [-0.15, -0.1) is 0 Å². The molecule has 0 aliphatic carbocycles. The van der Waals surface area contributed by atoms with Gasteiger partial charge in [0.2, 0.25) is 0 Å². The summed E-state index contributed by atoms with van der Waals surface area (Å²) in [6.45, 7) is 3.81. The Balaban J connectivity index is 2.44. The fourth-order valence-corrected chi connectivity index (χ4v) is 4.29. The highest BCUT2D eigenvalue weighted by atomic mass is 35.5. The van der Waals surface area contributed by atoms with Gasteiger partial charge in [-0.05, 0) is 36.8 Å². The molecule has 0 unspecified atom stereocenters. The van der Waals surface area contributed by atoms with Gasteiger partial charge in [-0.1, -0.05) is 41.9 Å². The Kier molecular flexibility index (Phi) is 7.74. The van der Waals surface area contributed by atoms with Crippen LogP contribution >= 0.6 is 23.2 Å². The average Bonchev–Trinajstić information content (AvgIpc) is 2.65. The van der Waals surface area contributed by atoms with Crippen LogP contribution in [0.1, 0.15) is 12.8 Å². The molecule has 0 atom stereocenters. The van der Waals surface area contributed by atoms with Crippen LogP contribution in [0.5, 0.6) is 5.75 Å². The molecule has 0 saturated heterocycles. The lowest BCUT2D eigenvalue weighted by Crippen LogP contribution is -2.32. The van der Waals surface area contributed by atoms with Crippen molar-refractivity contribution in [3.05, 3.63) is 65.2 Å². The van der Waals surface area contributed by atoms with E-state index < -0.39 is 16.0 Å². The third-order valence-electron chi connectivity index (χ3n) is 3.70. The van der Waals surface area contributed by atoms with Crippen LogP contribution in [-0.2, 0) is 14.8 Å². The Labute approximate surface area is 174 Å². The summed E-state index contributed by atoms with van der Waals surface area (Å²) in [7, 11) is -4.01. The van der Waals surface area contributed by atoms with Gasteiger partial charge in [-0.2, -0.15) is 0 Å². The minimum Gasteiger partial charge on any atom is -0.489 e. The number of hydrogen-bond donors (Lipinski definition) is 1. The summed E-state index contributed by atoms with van der Waals surface area (Å²) in [5.74, 6) is -0.542. The number of anilines is 1. The Bertz CT molecular complexity index is 963. The van der Waals surface area contributed by atoms with Crippen molar-refractivity contribution in [2.45, 2.75) is 17.7 Å². The molecule has 0 aliphatic rings. The minimum absolute atomic E-state index is 0.0280.